The van der Waals surface area contributed by atoms with Crippen molar-refractivity contribution in [1.82, 2.24) is 0 Å². The highest BCUT2D eigenvalue weighted by molar-refractivity contribution is 7.32. The molecular formula is C7H12O5P+. The minimum absolute atomic E-state index is 0.0924. The summed E-state index contributed by atoms with van der Waals surface area (Å²) in [6.45, 7) is 5.19. The molecule has 0 aliphatic carbocycles. The number of rotatable bonds is 6. The molecule has 0 aromatic carbocycles. The predicted octanol–water partition coefficient (Wildman–Crippen LogP) is 1.16. The lowest BCUT2D eigenvalue weighted by molar-refractivity contribution is -0.139. The number of hydrogen-bond donors (Lipinski definition) is 1. The average Bonchev–Trinajstić information content (AvgIpc) is 2.02. The second kappa shape index (κ2) is 6.71. The van der Waals surface area contributed by atoms with Crippen molar-refractivity contribution >= 4 is 14.2 Å². The number of esters is 1. The maximum atomic E-state index is 10.8. The SMILES string of the molecule is C=C(C)C(=O)OCCCO[P+](=O)O. The Labute approximate surface area is 77.3 Å². The first-order valence-electron chi connectivity index (χ1n) is 3.65. The molecule has 0 spiro atoms. The minimum atomic E-state index is -2.55. The zero-order valence-corrected chi connectivity index (χ0v) is 8.25. The molecule has 0 saturated carbocycles. The number of hydrogen-bond acceptors (Lipinski definition) is 4. The zero-order valence-electron chi connectivity index (χ0n) is 7.36. The van der Waals surface area contributed by atoms with Crippen LogP contribution in [-0.2, 0) is 18.6 Å². The first-order chi connectivity index (χ1) is 6.04. The van der Waals surface area contributed by atoms with Crippen LogP contribution in [0.2, 0.25) is 0 Å². The Hall–Kier alpha value is -0.770. The predicted molar refractivity (Wildman–Crippen MR) is 46.2 cm³/mol. The van der Waals surface area contributed by atoms with E-state index in [-0.39, 0.29) is 13.2 Å². The third-order valence-corrected chi connectivity index (χ3v) is 1.48. The molecule has 1 atom stereocenters. The number of carbonyl (C=O) groups excluding carboxylic acids is 1. The van der Waals surface area contributed by atoms with Gasteiger partial charge in [-0.25, -0.2) is 4.79 Å². The fourth-order valence-electron chi connectivity index (χ4n) is 0.490. The van der Waals surface area contributed by atoms with Crippen LogP contribution in [0.4, 0.5) is 0 Å². The van der Waals surface area contributed by atoms with E-state index < -0.39 is 14.2 Å². The highest BCUT2D eigenvalue weighted by atomic mass is 31.1. The van der Waals surface area contributed by atoms with Gasteiger partial charge in [0.2, 0.25) is 0 Å². The van der Waals surface area contributed by atoms with Crippen LogP contribution >= 0.6 is 8.25 Å². The van der Waals surface area contributed by atoms with Gasteiger partial charge >= 0.3 is 14.2 Å². The molecule has 0 amide bonds. The smallest absolute Gasteiger partial charge is 0.462 e. The highest BCUT2D eigenvalue weighted by Crippen LogP contribution is 2.13. The first-order valence-corrected chi connectivity index (χ1v) is 4.78. The zero-order chi connectivity index (χ0) is 10.3. The van der Waals surface area contributed by atoms with E-state index in [9.17, 15) is 9.36 Å². The third kappa shape index (κ3) is 7.59. The Morgan fingerprint density at radius 3 is 2.62 bits per heavy atom. The van der Waals surface area contributed by atoms with Gasteiger partial charge in [-0.05, 0) is 6.92 Å². The third-order valence-electron chi connectivity index (χ3n) is 1.07. The molecule has 0 saturated heterocycles. The molecule has 0 heterocycles. The quantitative estimate of drug-likeness (QED) is 0.306. The molecule has 1 N–H and O–H groups in total. The summed E-state index contributed by atoms with van der Waals surface area (Å²) in [5.74, 6) is -0.464. The molecular weight excluding hydrogens is 195 g/mol. The van der Waals surface area contributed by atoms with Crippen LogP contribution < -0.4 is 0 Å². The summed E-state index contributed by atoms with van der Waals surface area (Å²) in [5, 5.41) is 0. The van der Waals surface area contributed by atoms with Crippen molar-refractivity contribution in [3.63, 3.8) is 0 Å². The minimum Gasteiger partial charge on any atom is -0.462 e. The maximum Gasteiger partial charge on any atom is 0.694 e. The van der Waals surface area contributed by atoms with Gasteiger partial charge in [-0.2, -0.15) is 0 Å². The van der Waals surface area contributed by atoms with Crippen LogP contribution in [0.1, 0.15) is 13.3 Å². The lowest BCUT2D eigenvalue weighted by atomic mass is 10.4. The summed E-state index contributed by atoms with van der Waals surface area (Å²) < 4.78 is 19.0. The summed E-state index contributed by atoms with van der Waals surface area (Å²) in [5.41, 5.74) is 0.328. The van der Waals surface area contributed by atoms with Crippen LogP contribution in [0.5, 0.6) is 0 Å². The van der Waals surface area contributed by atoms with Gasteiger partial charge in [-0.15, -0.1) is 9.42 Å². The Balaban J connectivity index is 3.31. The molecule has 0 aromatic heterocycles. The summed E-state index contributed by atoms with van der Waals surface area (Å²) >= 11 is 0. The van der Waals surface area contributed by atoms with Crippen molar-refractivity contribution in [2.45, 2.75) is 13.3 Å². The standard InChI is InChI=1S/C7H11O5P/c1-6(2)7(8)11-4-3-5-12-13(9)10/h1,3-5H2,2H3/p+1. The average molecular weight is 207 g/mol. The first kappa shape index (κ1) is 12.2. The molecule has 0 aromatic rings. The van der Waals surface area contributed by atoms with Gasteiger partial charge in [0.25, 0.3) is 0 Å². The highest BCUT2D eigenvalue weighted by Gasteiger charge is 2.10. The summed E-state index contributed by atoms with van der Waals surface area (Å²) in [6, 6.07) is 0. The molecule has 0 rings (SSSR count). The van der Waals surface area contributed by atoms with Crippen molar-refractivity contribution < 1.29 is 23.5 Å². The Bertz CT molecular complexity index is 213. The maximum absolute atomic E-state index is 10.8. The van der Waals surface area contributed by atoms with Crippen molar-refractivity contribution in [2.24, 2.45) is 0 Å². The number of ether oxygens (including phenoxy) is 1. The normalized spacial score (nSPS) is 10.8. The van der Waals surface area contributed by atoms with Crippen molar-refractivity contribution in [2.75, 3.05) is 13.2 Å². The van der Waals surface area contributed by atoms with E-state index in [0.29, 0.717) is 12.0 Å². The van der Waals surface area contributed by atoms with Crippen LogP contribution in [0.3, 0.4) is 0 Å². The van der Waals surface area contributed by atoms with Gasteiger partial charge in [-0.1, -0.05) is 6.58 Å². The fourth-order valence-corrected chi connectivity index (χ4v) is 0.775. The topological polar surface area (TPSA) is 72.8 Å². The Kier molecular flexibility index (Phi) is 6.32. The van der Waals surface area contributed by atoms with Crippen LogP contribution in [0.25, 0.3) is 0 Å². The van der Waals surface area contributed by atoms with Gasteiger partial charge in [0.1, 0.15) is 6.61 Å². The Morgan fingerprint density at radius 1 is 1.54 bits per heavy atom. The van der Waals surface area contributed by atoms with Crippen molar-refractivity contribution in [1.29, 1.82) is 0 Å². The molecule has 0 fully saturated rings. The molecule has 0 radical (unpaired) electrons. The molecule has 0 bridgehead atoms. The van der Waals surface area contributed by atoms with E-state index in [1.807, 2.05) is 0 Å². The number of carbonyl (C=O) groups is 1. The van der Waals surface area contributed by atoms with E-state index in [4.69, 9.17) is 9.63 Å². The van der Waals surface area contributed by atoms with Gasteiger partial charge in [0.05, 0.1) is 6.61 Å². The second-order valence-electron chi connectivity index (χ2n) is 2.34. The molecule has 0 aliphatic heterocycles. The summed E-state index contributed by atoms with van der Waals surface area (Å²) in [4.78, 5) is 19.0. The van der Waals surface area contributed by atoms with Crippen LogP contribution in [0.15, 0.2) is 12.2 Å². The van der Waals surface area contributed by atoms with Gasteiger partial charge in [-0.3, -0.25) is 0 Å². The van der Waals surface area contributed by atoms with E-state index >= 15 is 0 Å². The van der Waals surface area contributed by atoms with E-state index in [0.717, 1.165) is 0 Å². The lowest BCUT2D eigenvalue weighted by Gasteiger charge is -2.01. The monoisotopic (exact) mass is 207 g/mol. The van der Waals surface area contributed by atoms with E-state index in [2.05, 4.69) is 11.1 Å². The Morgan fingerprint density at radius 2 is 2.15 bits per heavy atom. The van der Waals surface area contributed by atoms with E-state index in [1.54, 1.807) is 6.92 Å². The van der Waals surface area contributed by atoms with Crippen LogP contribution in [0, 0.1) is 0 Å². The molecule has 74 valence electrons. The second-order valence-corrected chi connectivity index (χ2v) is 3.07. The molecule has 1 unspecified atom stereocenters. The van der Waals surface area contributed by atoms with Gasteiger partial charge in [0.15, 0.2) is 0 Å². The summed E-state index contributed by atoms with van der Waals surface area (Å²) in [6.07, 6.45) is 0.390. The van der Waals surface area contributed by atoms with E-state index in [1.165, 1.54) is 0 Å². The van der Waals surface area contributed by atoms with Crippen molar-refractivity contribution in [3.05, 3.63) is 12.2 Å². The van der Waals surface area contributed by atoms with Gasteiger partial charge in [0, 0.05) is 16.6 Å². The molecule has 13 heavy (non-hydrogen) atoms. The van der Waals surface area contributed by atoms with Crippen LogP contribution in [-0.4, -0.2) is 24.1 Å². The molecule has 5 nitrogen and oxygen atoms in total. The fraction of sp³-hybridized carbons (Fsp3) is 0.571. The van der Waals surface area contributed by atoms with Crippen molar-refractivity contribution in [3.8, 4) is 0 Å². The largest absolute Gasteiger partial charge is 0.694 e. The molecule has 6 heteroatoms. The summed E-state index contributed by atoms with van der Waals surface area (Å²) in [7, 11) is -2.55. The van der Waals surface area contributed by atoms with Gasteiger partial charge < -0.3 is 4.74 Å². The molecule has 0 aliphatic rings. The lowest BCUT2D eigenvalue weighted by Crippen LogP contribution is -2.07.